The summed E-state index contributed by atoms with van der Waals surface area (Å²) in [6.45, 7) is 3.24. The molecule has 8 heteroatoms. The van der Waals surface area contributed by atoms with Gasteiger partial charge in [0.05, 0.1) is 23.7 Å². The molecule has 0 bridgehead atoms. The molecule has 1 amide bonds. The number of hydrogen-bond donors (Lipinski definition) is 4. The predicted octanol–water partition coefficient (Wildman–Crippen LogP) is 0.522. The molecule has 2 heterocycles. The highest BCUT2D eigenvalue weighted by Crippen LogP contribution is 2.28. The van der Waals surface area contributed by atoms with Crippen molar-refractivity contribution in [3.05, 3.63) is 28.8 Å². The summed E-state index contributed by atoms with van der Waals surface area (Å²) in [5, 5.41) is 9.91. The van der Waals surface area contributed by atoms with Gasteiger partial charge in [0.1, 0.15) is 11.9 Å². The van der Waals surface area contributed by atoms with E-state index in [9.17, 15) is 9.59 Å². The molecule has 2 aliphatic rings. The molecule has 0 radical (unpaired) electrons. The van der Waals surface area contributed by atoms with Gasteiger partial charge in [0, 0.05) is 19.0 Å². The number of aryl methyl sites for hydroxylation is 1. The Morgan fingerprint density at radius 2 is 2.07 bits per heavy atom. The van der Waals surface area contributed by atoms with Gasteiger partial charge in [-0.2, -0.15) is 0 Å². The summed E-state index contributed by atoms with van der Waals surface area (Å²) in [6.07, 6.45) is 1.94. The molecule has 2 aliphatic heterocycles. The van der Waals surface area contributed by atoms with Crippen LogP contribution in [0.1, 0.15) is 24.8 Å². The highest BCUT2D eigenvalue weighted by Gasteiger charge is 2.36. The lowest BCUT2D eigenvalue weighted by atomic mass is 9.93. The van der Waals surface area contributed by atoms with Crippen molar-refractivity contribution < 1.29 is 14.3 Å². The number of Topliss-reactive ketones (excluding diaryl/α,β-unsaturated/α-hetero) is 1. The highest BCUT2D eigenvalue weighted by molar-refractivity contribution is 6.32. The lowest BCUT2D eigenvalue weighted by Crippen LogP contribution is -2.51. The maximum absolute atomic E-state index is 12.9. The van der Waals surface area contributed by atoms with Crippen molar-refractivity contribution in [3.63, 3.8) is 0 Å². The first-order chi connectivity index (χ1) is 13.0. The van der Waals surface area contributed by atoms with Gasteiger partial charge in [-0.1, -0.05) is 17.7 Å². The number of carbonyl (C=O) groups is 2. The molecule has 0 saturated carbocycles. The number of piperidine rings is 1. The van der Waals surface area contributed by atoms with Crippen LogP contribution in [-0.2, 0) is 9.59 Å². The number of nitrogens with two attached hydrogens (primary N) is 1. The van der Waals surface area contributed by atoms with Gasteiger partial charge in [-0.05, 0) is 44.0 Å². The van der Waals surface area contributed by atoms with Crippen molar-refractivity contribution in [1.82, 2.24) is 16.0 Å². The third-order valence-corrected chi connectivity index (χ3v) is 5.42. The molecular weight excluding hydrogens is 368 g/mol. The number of benzene rings is 1. The molecule has 3 rings (SSSR count). The Bertz CT molecular complexity index is 700. The zero-order valence-corrected chi connectivity index (χ0v) is 16.2. The van der Waals surface area contributed by atoms with E-state index in [0.29, 0.717) is 36.7 Å². The Morgan fingerprint density at radius 1 is 1.30 bits per heavy atom. The molecular formula is C19H27ClN4O3. The smallest absolute Gasteiger partial charge is 0.233 e. The molecule has 1 aromatic rings. The molecule has 2 unspecified atom stereocenters. The summed E-state index contributed by atoms with van der Waals surface area (Å²) in [7, 11) is 0. The van der Waals surface area contributed by atoms with Gasteiger partial charge in [0.25, 0.3) is 0 Å². The largest absolute Gasteiger partial charge is 0.489 e. The van der Waals surface area contributed by atoms with Crippen LogP contribution in [0.2, 0.25) is 5.02 Å². The fourth-order valence-corrected chi connectivity index (χ4v) is 3.84. The minimum absolute atomic E-state index is 0.0418. The SMILES string of the molecule is Cc1ccc(Cl)c(OC2CCNC(C(=O)[C@@H]3C[C@@H](NC(=O)CN)CN3)C2)c1. The van der Waals surface area contributed by atoms with Gasteiger partial charge >= 0.3 is 0 Å². The maximum atomic E-state index is 12.9. The fourth-order valence-electron chi connectivity index (χ4n) is 3.68. The first-order valence-corrected chi connectivity index (χ1v) is 9.76. The van der Waals surface area contributed by atoms with E-state index in [4.69, 9.17) is 22.1 Å². The third kappa shape index (κ3) is 5.19. The quantitative estimate of drug-likeness (QED) is 0.560. The Balaban J connectivity index is 1.55. The molecule has 1 aromatic carbocycles. The Morgan fingerprint density at radius 3 is 2.85 bits per heavy atom. The van der Waals surface area contributed by atoms with Crippen LogP contribution < -0.4 is 26.4 Å². The van der Waals surface area contributed by atoms with Crippen molar-refractivity contribution in [1.29, 1.82) is 0 Å². The highest BCUT2D eigenvalue weighted by atomic mass is 35.5. The number of ketones is 1. The summed E-state index contributed by atoms with van der Waals surface area (Å²) in [5.74, 6) is 0.579. The van der Waals surface area contributed by atoms with Gasteiger partial charge < -0.3 is 26.4 Å². The number of ether oxygens (including phenoxy) is 1. The molecule has 2 saturated heterocycles. The van der Waals surface area contributed by atoms with Crippen LogP contribution >= 0.6 is 11.6 Å². The van der Waals surface area contributed by atoms with E-state index in [1.807, 2.05) is 25.1 Å². The Labute approximate surface area is 164 Å². The van der Waals surface area contributed by atoms with Gasteiger partial charge in [-0.15, -0.1) is 0 Å². The van der Waals surface area contributed by atoms with E-state index in [-0.39, 0.29) is 42.5 Å². The Hall–Kier alpha value is -1.67. The second-order valence-electron chi connectivity index (χ2n) is 7.27. The topological polar surface area (TPSA) is 105 Å². The minimum atomic E-state index is -0.271. The molecule has 7 nitrogen and oxygen atoms in total. The van der Waals surface area contributed by atoms with Crippen LogP contribution in [0.4, 0.5) is 0 Å². The maximum Gasteiger partial charge on any atom is 0.233 e. The summed E-state index contributed by atoms with van der Waals surface area (Å²) in [6, 6.07) is 5.09. The summed E-state index contributed by atoms with van der Waals surface area (Å²) in [5.41, 5.74) is 6.41. The number of amides is 1. The van der Waals surface area contributed by atoms with Crippen LogP contribution in [0.15, 0.2) is 18.2 Å². The first kappa shape index (κ1) is 20.1. The molecule has 0 spiro atoms. The molecule has 2 fully saturated rings. The average molecular weight is 395 g/mol. The van der Waals surface area contributed by atoms with E-state index in [0.717, 1.165) is 12.0 Å². The molecule has 4 atom stereocenters. The van der Waals surface area contributed by atoms with Crippen LogP contribution in [0.5, 0.6) is 5.75 Å². The first-order valence-electron chi connectivity index (χ1n) is 9.39. The van der Waals surface area contributed by atoms with E-state index in [2.05, 4.69) is 16.0 Å². The van der Waals surface area contributed by atoms with Gasteiger partial charge in [-0.25, -0.2) is 0 Å². The van der Waals surface area contributed by atoms with Gasteiger partial charge in [0.2, 0.25) is 5.91 Å². The number of carbonyl (C=O) groups excluding carboxylic acids is 2. The minimum Gasteiger partial charge on any atom is -0.489 e. The van der Waals surface area contributed by atoms with Crippen LogP contribution in [0.3, 0.4) is 0 Å². The zero-order valence-electron chi connectivity index (χ0n) is 15.5. The van der Waals surface area contributed by atoms with Crippen molar-refractivity contribution in [2.45, 2.75) is 50.4 Å². The molecule has 27 heavy (non-hydrogen) atoms. The van der Waals surface area contributed by atoms with Crippen LogP contribution in [0.25, 0.3) is 0 Å². The molecule has 0 aliphatic carbocycles. The zero-order chi connectivity index (χ0) is 19.4. The van der Waals surface area contributed by atoms with Crippen molar-refractivity contribution in [2.75, 3.05) is 19.6 Å². The second kappa shape index (κ2) is 9.01. The average Bonchev–Trinajstić information content (AvgIpc) is 3.12. The third-order valence-electron chi connectivity index (χ3n) is 5.10. The predicted molar refractivity (Wildman–Crippen MR) is 104 cm³/mol. The number of rotatable bonds is 6. The van der Waals surface area contributed by atoms with Crippen LogP contribution in [-0.4, -0.2) is 55.6 Å². The number of hydrogen-bond acceptors (Lipinski definition) is 6. The summed E-state index contributed by atoms with van der Waals surface area (Å²) in [4.78, 5) is 24.3. The second-order valence-corrected chi connectivity index (χ2v) is 7.68. The fraction of sp³-hybridized carbons (Fsp3) is 0.579. The van der Waals surface area contributed by atoms with E-state index in [1.54, 1.807) is 0 Å². The van der Waals surface area contributed by atoms with E-state index >= 15 is 0 Å². The lowest BCUT2D eigenvalue weighted by Gasteiger charge is -2.31. The summed E-state index contributed by atoms with van der Waals surface area (Å²) >= 11 is 6.23. The Kier molecular flexibility index (Phi) is 6.70. The van der Waals surface area contributed by atoms with Crippen LogP contribution in [0, 0.1) is 6.92 Å². The number of nitrogens with one attached hydrogen (secondary N) is 3. The normalized spacial score (nSPS) is 28.0. The van der Waals surface area contributed by atoms with Crippen molar-refractivity contribution in [3.8, 4) is 5.75 Å². The van der Waals surface area contributed by atoms with Gasteiger partial charge in [0.15, 0.2) is 5.78 Å². The lowest BCUT2D eigenvalue weighted by molar-refractivity contribution is -0.124. The monoisotopic (exact) mass is 394 g/mol. The van der Waals surface area contributed by atoms with Crippen molar-refractivity contribution in [2.24, 2.45) is 5.73 Å². The number of halogens is 1. The molecule has 0 aromatic heterocycles. The van der Waals surface area contributed by atoms with E-state index < -0.39 is 0 Å². The van der Waals surface area contributed by atoms with Crippen molar-refractivity contribution >= 4 is 23.3 Å². The summed E-state index contributed by atoms with van der Waals surface area (Å²) < 4.78 is 6.08. The molecule has 148 valence electrons. The van der Waals surface area contributed by atoms with E-state index in [1.165, 1.54) is 0 Å². The molecule has 5 N–H and O–H groups in total. The van der Waals surface area contributed by atoms with Gasteiger partial charge in [-0.3, -0.25) is 9.59 Å². The standard InChI is InChI=1S/C19H27ClN4O3/c1-11-2-3-14(20)17(6-11)27-13-4-5-22-16(8-13)19(26)15-7-12(10-23-15)24-18(25)9-21/h2-3,6,12-13,15-16,22-23H,4-5,7-10,21H2,1H3,(H,24,25)/t12-,13?,15+,16?/m1/s1.